The van der Waals surface area contributed by atoms with E-state index in [0.29, 0.717) is 6.04 Å². The van der Waals surface area contributed by atoms with Crippen LogP contribution in [0, 0.1) is 0 Å². The number of hydrogen-bond acceptors (Lipinski definition) is 2. The lowest BCUT2D eigenvalue weighted by molar-refractivity contribution is 0.208. The molecular formula is C17H26N2. The van der Waals surface area contributed by atoms with Gasteiger partial charge < -0.3 is 5.32 Å². The Bertz CT molecular complexity index is 384. The van der Waals surface area contributed by atoms with Crippen molar-refractivity contribution in [1.82, 2.24) is 10.2 Å². The summed E-state index contributed by atoms with van der Waals surface area (Å²) in [7, 11) is 0. The normalized spacial score (nSPS) is 21.7. The summed E-state index contributed by atoms with van der Waals surface area (Å²) in [5, 5.41) is 3.63. The van der Waals surface area contributed by atoms with Crippen molar-refractivity contribution < 1.29 is 0 Å². The predicted octanol–water partition coefficient (Wildman–Crippen LogP) is 2.62. The maximum atomic E-state index is 3.63. The standard InChI is InChI=1S/C17H26N2/c1-14(8-11-18-17-6-7-17)19-12-9-15-4-2-3-5-16(15)10-13-19/h2-5,14,17-18H,6-13H2,1H3. The molecule has 1 heterocycles. The molecule has 3 rings (SSSR count). The molecule has 1 aromatic carbocycles. The lowest BCUT2D eigenvalue weighted by Gasteiger charge is -2.27. The van der Waals surface area contributed by atoms with Gasteiger partial charge in [-0.1, -0.05) is 24.3 Å². The zero-order chi connectivity index (χ0) is 13.1. The van der Waals surface area contributed by atoms with E-state index in [1.807, 2.05) is 0 Å². The van der Waals surface area contributed by atoms with Crippen LogP contribution >= 0.6 is 0 Å². The fourth-order valence-corrected chi connectivity index (χ4v) is 3.09. The van der Waals surface area contributed by atoms with Gasteiger partial charge >= 0.3 is 0 Å². The molecule has 1 atom stereocenters. The van der Waals surface area contributed by atoms with Crippen LogP contribution in [0.25, 0.3) is 0 Å². The zero-order valence-corrected chi connectivity index (χ0v) is 12.1. The van der Waals surface area contributed by atoms with Crippen molar-refractivity contribution >= 4 is 0 Å². The van der Waals surface area contributed by atoms with Gasteiger partial charge in [0.1, 0.15) is 0 Å². The van der Waals surface area contributed by atoms with Crippen molar-refractivity contribution in [2.75, 3.05) is 19.6 Å². The van der Waals surface area contributed by atoms with Crippen LogP contribution in [-0.2, 0) is 12.8 Å². The van der Waals surface area contributed by atoms with Gasteiger partial charge in [0.05, 0.1) is 0 Å². The third-order valence-corrected chi connectivity index (χ3v) is 4.65. The van der Waals surface area contributed by atoms with Gasteiger partial charge in [-0.3, -0.25) is 4.90 Å². The van der Waals surface area contributed by atoms with Crippen molar-refractivity contribution in [3.8, 4) is 0 Å². The minimum absolute atomic E-state index is 0.709. The number of hydrogen-bond donors (Lipinski definition) is 1. The van der Waals surface area contributed by atoms with Crippen molar-refractivity contribution in [3.05, 3.63) is 35.4 Å². The molecule has 1 unspecified atom stereocenters. The highest BCUT2D eigenvalue weighted by Gasteiger charge is 2.21. The van der Waals surface area contributed by atoms with Gasteiger partial charge in [0.15, 0.2) is 0 Å². The van der Waals surface area contributed by atoms with E-state index in [1.165, 1.54) is 51.7 Å². The molecule has 0 bridgehead atoms. The van der Waals surface area contributed by atoms with Gasteiger partial charge in [-0.05, 0) is 56.7 Å². The summed E-state index contributed by atoms with van der Waals surface area (Å²) in [4.78, 5) is 2.68. The van der Waals surface area contributed by atoms with E-state index in [4.69, 9.17) is 0 Å². The van der Waals surface area contributed by atoms with E-state index in [2.05, 4.69) is 41.4 Å². The second-order valence-corrected chi connectivity index (χ2v) is 6.17. The van der Waals surface area contributed by atoms with Crippen LogP contribution in [0.15, 0.2) is 24.3 Å². The number of fused-ring (bicyclic) bond motifs is 1. The molecular weight excluding hydrogens is 232 g/mol. The molecule has 1 aliphatic carbocycles. The highest BCUT2D eigenvalue weighted by atomic mass is 15.1. The maximum Gasteiger partial charge on any atom is 0.00792 e. The van der Waals surface area contributed by atoms with E-state index in [-0.39, 0.29) is 0 Å². The first-order valence-electron chi connectivity index (χ1n) is 7.87. The minimum Gasteiger partial charge on any atom is -0.314 e. The molecule has 1 N–H and O–H groups in total. The van der Waals surface area contributed by atoms with Crippen molar-refractivity contribution in [1.29, 1.82) is 0 Å². The van der Waals surface area contributed by atoms with Crippen LogP contribution in [-0.4, -0.2) is 36.6 Å². The topological polar surface area (TPSA) is 15.3 Å². The number of nitrogens with one attached hydrogen (secondary N) is 1. The lowest BCUT2D eigenvalue weighted by Crippen LogP contribution is -2.37. The molecule has 1 fully saturated rings. The largest absolute Gasteiger partial charge is 0.314 e. The Balaban J connectivity index is 1.49. The molecule has 0 aromatic heterocycles. The Morgan fingerprint density at radius 3 is 2.37 bits per heavy atom. The SMILES string of the molecule is CC(CCNC1CC1)N1CCc2ccccc2CC1. The molecule has 19 heavy (non-hydrogen) atoms. The highest BCUT2D eigenvalue weighted by Crippen LogP contribution is 2.20. The predicted molar refractivity (Wildman–Crippen MR) is 80.5 cm³/mol. The van der Waals surface area contributed by atoms with E-state index in [1.54, 1.807) is 11.1 Å². The van der Waals surface area contributed by atoms with E-state index in [9.17, 15) is 0 Å². The number of rotatable bonds is 5. The first-order valence-corrected chi connectivity index (χ1v) is 7.87. The average Bonchev–Trinajstić information content (AvgIpc) is 3.24. The lowest BCUT2D eigenvalue weighted by atomic mass is 10.0. The van der Waals surface area contributed by atoms with Crippen LogP contribution < -0.4 is 5.32 Å². The van der Waals surface area contributed by atoms with Gasteiger partial charge in [-0.15, -0.1) is 0 Å². The van der Waals surface area contributed by atoms with Gasteiger partial charge in [0, 0.05) is 25.2 Å². The summed E-state index contributed by atoms with van der Waals surface area (Å²) in [5.74, 6) is 0. The molecule has 0 amide bonds. The van der Waals surface area contributed by atoms with Gasteiger partial charge in [-0.25, -0.2) is 0 Å². The van der Waals surface area contributed by atoms with Crippen LogP contribution in [0.2, 0.25) is 0 Å². The quantitative estimate of drug-likeness (QED) is 0.873. The molecule has 2 heteroatoms. The monoisotopic (exact) mass is 258 g/mol. The molecule has 104 valence electrons. The molecule has 0 radical (unpaired) electrons. The Labute approximate surface area is 117 Å². The van der Waals surface area contributed by atoms with Crippen LogP contribution in [0.1, 0.15) is 37.3 Å². The Kier molecular flexibility index (Phi) is 4.19. The molecule has 1 aromatic rings. The first kappa shape index (κ1) is 13.1. The summed E-state index contributed by atoms with van der Waals surface area (Å²) >= 11 is 0. The van der Waals surface area contributed by atoms with Crippen LogP contribution in [0.4, 0.5) is 0 Å². The first-order chi connectivity index (χ1) is 9.33. The molecule has 0 spiro atoms. The summed E-state index contributed by atoms with van der Waals surface area (Å²) in [6.07, 6.45) is 6.51. The Hall–Kier alpha value is -0.860. The van der Waals surface area contributed by atoms with E-state index < -0.39 is 0 Å². The molecule has 2 aliphatic rings. The number of benzene rings is 1. The smallest absolute Gasteiger partial charge is 0.00792 e. The fraction of sp³-hybridized carbons (Fsp3) is 0.647. The Morgan fingerprint density at radius 2 is 1.79 bits per heavy atom. The molecule has 1 aliphatic heterocycles. The van der Waals surface area contributed by atoms with Crippen molar-refractivity contribution in [2.24, 2.45) is 0 Å². The molecule has 1 saturated carbocycles. The second kappa shape index (κ2) is 6.06. The summed E-state index contributed by atoms with van der Waals surface area (Å²) in [6.45, 7) is 6.03. The highest BCUT2D eigenvalue weighted by molar-refractivity contribution is 5.28. The Morgan fingerprint density at radius 1 is 1.16 bits per heavy atom. The summed E-state index contributed by atoms with van der Waals surface area (Å²) in [5.41, 5.74) is 3.13. The maximum absolute atomic E-state index is 3.63. The van der Waals surface area contributed by atoms with Crippen molar-refractivity contribution in [2.45, 2.75) is 51.1 Å². The summed E-state index contributed by atoms with van der Waals surface area (Å²) < 4.78 is 0. The van der Waals surface area contributed by atoms with Crippen LogP contribution in [0.3, 0.4) is 0 Å². The second-order valence-electron chi connectivity index (χ2n) is 6.17. The average molecular weight is 258 g/mol. The summed E-state index contributed by atoms with van der Waals surface area (Å²) in [6, 6.07) is 10.5. The minimum atomic E-state index is 0.709. The zero-order valence-electron chi connectivity index (χ0n) is 12.1. The van der Waals surface area contributed by atoms with Crippen LogP contribution in [0.5, 0.6) is 0 Å². The molecule has 0 saturated heterocycles. The third-order valence-electron chi connectivity index (χ3n) is 4.65. The van der Waals surface area contributed by atoms with Gasteiger partial charge in [-0.2, -0.15) is 0 Å². The fourth-order valence-electron chi connectivity index (χ4n) is 3.09. The van der Waals surface area contributed by atoms with Gasteiger partial charge in [0.2, 0.25) is 0 Å². The van der Waals surface area contributed by atoms with Crippen molar-refractivity contribution in [3.63, 3.8) is 0 Å². The van der Waals surface area contributed by atoms with E-state index in [0.717, 1.165) is 6.04 Å². The van der Waals surface area contributed by atoms with Gasteiger partial charge in [0.25, 0.3) is 0 Å². The molecule has 2 nitrogen and oxygen atoms in total. The third kappa shape index (κ3) is 3.58. The number of nitrogens with zero attached hydrogens (tertiary/aromatic N) is 1. The van der Waals surface area contributed by atoms with E-state index >= 15 is 0 Å².